The van der Waals surface area contributed by atoms with Gasteiger partial charge >= 0.3 is 0 Å². The lowest BCUT2D eigenvalue weighted by atomic mass is 10.0. The summed E-state index contributed by atoms with van der Waals surface area (Å²) in [6.07, 6.45) is 0.459. The molecule has 0 saturated carbocycles. The predicted octanol–water partition coefficient (Wildman–Crippen LogP) is 1.51. The van der Waals surface area contributed by atoms with Crippen LogP contribution in [0.2, 0.25) is 0 Å². The summed E-state index contributed by atoms with van der Waals surface area (Å²) in [7, 11) is 0. The molecule has 2 atom stereocenters. The molecule has 24 heavy (non-hydrogen) atoms. The first-order chi connectivity index (χ1) is 11.5. The average molecular weight is 367 g/mol. The van der Waals surface area contributed by atoms with Crippen LogP contribution in [0.3, 0.4) is 0 Å². The molecule has 0 aromatic carbocycles. The number of hydrogen-bond acceptors (Lipinski definition) is 7. The van der Waals surface area contributed by atoms with Gasteiger partial charge in [0.05, 0.1) is 40.0 Å². The van der Waals surface area contributed by atoms with E-state index in [4.69, 9.17) is 0 Å². The van der Waals surface area contributed by atoms with E-state index in [-0.39, 0.29) is 18.4 Å². The number of aromatic nitrogens is 2. The molecule has 1 aliphatic heterocycles. The third-order valence-corrected chi connectivity index (χ3v) is 5.72. The molecular formula is C16H22N4O2S2. The van der Waals surface area contributed by atoms with E-state index >= 15 is 0 Å². The van der Waals surface area contributed by atoms with Gasteiger partial charge in [-0.15, -0.1) is 22.7 Å². The molecule has 1 saturated heterocycles. The molecule has 2 aromatic heterocycles. The van der Waals surface area contributed by atoms with Crippen LogP contribution < -0.4 is 5.32 Å². The zero-order valence-electron chi connectivity index (χ0n) is 13.9. The summed E-state index contributed by atoms with van der Waals surface area (Å²) in [4.78, 5) is 23.1. The van der Waals surface area contributed by atoms with Crippen LogP contribution in [0.15, 0.2) is 10.8 Å². The lowest BCUT2D eigenvalue weighted by Gasteiger charge is -2.35. The molecule has 0 unspecified atom stereocenters. The van der Waals surface area contributed by atoms with Crippen LogP contribution >= 0.6 is 22.7 Å². The van der Waals surface area contributed by atoms with Gasteiger partial charge < -0.3 is 10.4 Å². The van der Waals surface area contributed by atoms with Gasteiger partial charge in [-0.1, -0.05) is 0 Å². The van der Waals surface area contributed by atoms with Gasteiger partial charge in [0.2, 0.25) is 5.91 Å². The van der Waals surface area contributed by atoms with Gasteiger partial charge in [-0.05, 0) is 20.3 Å². The molecule has 1 aliphatic rings. The Labute approximate surface area is 149 Å². The lowest BCUT2D eigenvalue weighted by Crippen LogP contribution is -2.54. The van der Waals surface area contributed by atoms with Gasteiger partial charge in [-0.3, -0.25) is 9.69 Å². The number of β-amino-alcohol motifs (C(OH)–C–C–N with tert-alkyl or cyclic N) is 1. The van der Waals surface area contributed by atoms with E-state index in [0.717, 1.165) is 40.9 Å². The Morgan fingerprint density at radius 3 is 2.54 bits per heavy atom. The van der Waals surface area contributed by atoms with Crippen molar-refractivity contribution < 1.29 is 9.90 Å². The second kappa shape index (κ2) is 7.69. The number of rotatable bonds is 5. The first kappa shape index (κ1) is 17.5. The number of piperidine rings is 1. The first-order valence-electron chi connectivity index (χ1n) is 8.01. The standard InChI is InChI=1S/C16H22N4O2S2/c1-10-17-12(8-23-10)5-16(22)19-14-3-4-20(7-15(14)21)6-13-9-24-11(2)18-13/h8-9,14-15,21H,3-7H2,1-2H3,(H,19,22)/t14-,15-/m1/s1. The van der Waals surface area contributed by atoms with Crippen molar-refractivity contribution >= 4 is 28.6 Å². The van der Waals surface area contributed by atoms with Crippen molar-refractivity contribution in [1.82, 2.24) is 20.2 Å². The van der Waals surface area contributed by atoms with E-state index in [9.17, 15) is 9.90 Å². The number of aliphatic hydroxyl groups is 1. The maximum Gasteiger partial charge on any atom is 0.226 e. The highest BCUT2D eigenvalue weighted by atomic mass is 32.1. The predicted molar refractivity (Wildman–Crippen MR) is 95.2 cm³/mol. The molecule has 0 aliphatic carbocycles. The number of hydrogen-bond donors (Lipinski definition) is 2. The van der Waals surface area contributed by atoms with Gasteiger partial charge in [0.25, 0.3) is 0 Å². The molecule has 1 fully saturated rings. The molecule has 130 valence electrons. The highest BCUT2D eigenvalue weighted by Gasteiger charge is 2.29. The third kappa shape index (κ3) is 4.60. The minimum absolute atomic E-state index is 0.0760. The Balaban J connectivity index is 1.47. The fourth-order valence-corrected chi connectivity index (χ4v) is 4.15. The van der Waals surface area contributed by atoms with Crippen LogP contribution in [-0.4, -0.2) is 51.1 Å². The van der Waals surface area contributed by atoms with E-state index in [0.29, 0.717) is 6.54 Å². The lowest BCUT2D eigenvalue weighted by molar-refractivity contribution is -0.122. The van der Waals surface area contributed by atoms with Gasteiger partial charge in [0, 0.05) is 30.4 Å². The molecule has 0 spiro atoms. The Morgan fingerprint density at radius 2 is 1.96 bits per heavy atom. The number of amides is 1. The molecule has 8 heteroatoms. The van der Waals surface area contributed by atoms with Crippen LogP contribution in [-0.2, 0) is 17.8 Å². The maximum atomic E-state index is 12.1. The summed E-state index contributed by atoms with van der Waals surface area (Å²) in [6, 6.07) is -0.189. The molecular weight excluding hydrogens is 344 g/mol. The largest absolute Gasteiger partial charge is 0.390 e. The molecule has 2 aromatic rings. The third-order valence-electron chi connectivity index (χ3n) is 4.07. The van der Waals surface area contributed by atoms with Crippen molar-refractivity contribution in [3.05, 3.63) is 32.2 Å². The molecule has 1 amide bonds. The minimum atomic E-state index is -0.556. The van der Waals surface area contributed by atoms with Gasteiger partial charge in [-0.2, -0.15) is 0 Å². The second-order valence-corrected chi connectivity index (χ2v) is 8.28. The zero-order valence-corrected chi connectivity index (χ0v) is 15.5. The summed E-state index contributed by atoms with van der Waals surface area (Å²) in [5.41, 5.74) is 1.84. The highest BCUT2D eigenvalue weighted by molar-refractivity contribution is 7.09. The summed E-state index contributed by atoms with van der Waals surface area (Å²) in [6.45, 7) is 6.07. The summed E-state index contributed by atoms with van der Waals surface area (Å²) in [5.74, 6) is -0.0760. The number of aliphatic hydroxyl groups excluding tert-OH is 1. The number of nitrogens with zero attached hydrogens (tertiary/aromatic N) is 3. The van der Waals surface area contributed by atoms with Crippen molar-refractivity contribution in [2.75, 3.05) is 13.1 Å². The topological polar surface area (TPSA) is 78.4 Å². The second-order valence-electron chi connectivity index (χ2n) is 6.16. The normalized spacial score (nSPS) is 21.8. The number of aryl methyl sites for hydroxylation is 2. The quantitative estimate of drug-likeness (QED) is 0.839. The number of thiazole rings is 2. The Hall–Kier alpha value is -1.35. The van der Waals surface area contributed by atoms with Crippen LogP contribution in [0.5, 0.6) is 0 Å². The molecule has 0 bridgehead atoms. The van der Waals surface area contributed by atoms with Crippen molar-refractivity contribution in [2.24, 2.45) is 0 Å². The van der Waals surface area contributed by atoms with E-state index < -0.39 is 6.10 Å². The Kier molecular flexibility index (Phi) is 5.60. The van der Waals surface area contributed by atoms with Gasteiger partial charge in [0.1, 0.15) is 0 Å². The zero-order chi connectivity index (χ0) is 17.1. The van der Waals surface area contributed by atoms with Crippen LogP contribution in [0.4, 0.5) is 0 Å². The van der Waals surface area contributed by atoms with Crippen molar-refractivity contribution in [1.29, 1.82) is 0 Å². The van der Waals surface area contributed by atoms with Gasteiger partial charge in [-0.25, -0.2) is 9.97 Å². The monoisotopic (exact) mass is 366 g/mol. The SMILES string of the molecule is Cc1nc(CC(=O)N[C@@H]2CCN(Cc3csc(C)n3)C[C@H]2O)cs1. The summed E-state index contributed by atoms with van der Waals surface area (Å²) < 4.78 is 0. The summed E-state index contributed by atoms with van der Waals surface area (Å²) >= 11 is 3.19. The summed E-state index contributed by atoms with van der Waals surface area (Å²) in [5, 5.41) is 19.3. The smallest absolute Gasteiger partial charge is 0.226 e. The number of carbonyl (C=O) groups excluding carboxylic acids is 1. The molecule has 0 radical (unpaired) electrons. The van der Waals surface area contributed by atoms with E-state index in [1.807, 2.05) is 19.2 Å². The van der Waals surface area contributed by atoms with Crippen molar-refractivity contribution in [2.45, 2.75) is 45.4 Å². The van der Waals surface area contributed by atoms with E-state index in [1.54, 1.807) is 22.7 Å². The fraction of sp³-hybridized carbons (Fsp3) is 0.562. The molecule has 3 heterocycles. The van der Waals surface area contributed by atoms with Crippen molar-refractivity contribution in [3.63, 3.8) is 0 Å². The molecule has 6 nitrogen and oxygen atoms in total. The van der Waals surface area contributed by atoms with E-state index in [2.05, 4.69) is 25.6 Å². The van der Waals surface area contributed by atoms with Crippen LogP contribution in [0.25, 0.3) is 0 Å². The van der Waals surface area contributed by atoms with Crippen LogP contribution in [0.1, 0.15) is 27.8 Å². The van der Waals surface area contributed by atoms with Crippen molar-refractivity contribution in [3.8, 4) is 0 Å². The average Bonchev–Trinajstić information content (AvgIpc) is 3.10. The minimum Gasteiger partial charge on any atom is -0.390 e. The van der Waals surface area contributed by atoms with Crippen LogP contribution in [0, 0.1) is 13.8 Å². The highest BCUT2D eigenvalue weighted by Crippen LogP contribution is 2.16. The molecule has 2 N–H and O–H groups in total. The maximum absolute atomic E-state index is 12.1. The number of likely N-dealkylation sites (tertiary alicyclic amines) is 1. The Bertz CT molecular complexity index is 700. The fourth-order valence-electron chi connectivity index (χ4n) is 2.93. The Morgan fingerprint density at radius 1 is 1.29 bits per heavy atom. The van der Waals surface area contributed by atoms with E-state index in [1.165, 1.54) is 0 Å². The molecule has 3 rings (SSSR count). The van der Waals surface area contributed by atoms with Gasteiger partial charge in [0.15, 0.2) is 0 Å². The first-order valence-corrected chi connectivity index (χ1v) is 9.77. The number of nitrogens with one attached hydrogen (secondary N) is 1. The number of carbonyl (C=O) groups is 1.